The molecule has 1 atom stereocenters. The van der Waals surface area contributed by atoms with Crippen molar-refractivity contribution in [2.45, 2.75) is 19.9 Å². The third-order valence-corrected chi connectivity index (χ3v) is 4.12. The fourth-order valence-corrected chi connectivity index (χ4v) is 3.37. The lowest BCUT2D eigenvalue weighted by molar-refractivity contribution is 0.874. The minimum absolute atomic E-state index is 0.160. The molecule has 1 aliphatic heterocycles. The van der Waals surface area contributed by atoms with Crippen LogP contribution in [0.4, 0.5) is 0 Å². The summed E-state index contributed by atoms with van der Waals surface area (Å²) in [6, 6.07) is 8.72. The maximum atomic E-state index is 4.66. The van der Waals surface area contributed by atoms with Gasteiger partial charge in [0.25, 0.3) is 0 Å². The van der Waals surface area contributed by atoms with Gasteiger partial charge >= 0.3 is 0 Å². The number of rotatable bonds is 1. The molecule has 0 bridgehead atoms. The molecule has 1 aliphatic rings. The van der Waals surface area contributed by atoms with Gasteiger partial charge in [-0.2, -0.15) is 0 Å². The molecular weight excluding hydrogens is 228 g/mol. The van der Waals surface area contributed by atoms with E-state index in [-0.39, 0.29) is 6.04 Å². The number of aryl methyl sites for hydroxylation is 1. The molecule has 3 rings (SSSR count). The van der Waals surface area contributed by atoms with Gasteiger partial charge in [0, 0.05) is 21.3 Å². The monoisotopic (exact) mass is 242 g/mol. The highest BCUT2D eigenvalue weighted by Crippen LogP contribution is 2.37. The van der Waals surface area contributed by atoms with E-state index in [1.807, 2.05) is 24.5 Å². The minimum atomic E-state index is 0.160. The zero-order valence-electron chi connectivity index (χ0n) is 9.90. The molecule has 1 aromatic heterocycles. The molecule has 17 heavy (non-hydrogen) atoms. The Morgan fingerprint density at radius 1 is 1.24 bits per heavy atom. The molecule has 0 radical (unpaired) electrons. The molecule has 2 aromatic rings. The van der Waals surface area contributed by atoms with Crippen molar-refractivity contribution in [3.63, 3.8) is 0 Å². The van der Waals surface area contributed by atoms with Crippen LogP contribution < -0.4 is 5.32 Å². The van der Waals surface area contributed by atoms with Crippen molar-refractivity contribution < 1.29 is 0 Å². The summed E-state index contributed by atoms with van der Waals surface area (Å²) in [5, 5.41) is 4.45. The number of aliphatic imine (C=N–C) groups is 1. The van der Waals surface area contributed by atoms with Gasteiger partial charge in [0.15, 0.2) is 0 Å². The fraction of sp³-hybridized carbons (Fsp3) is 0.214. The van der Waals surface area contributed by atoms with Gasteiger partial charge in [-0.05, 0) is 31.4 Å². The van der Waals surface area contributed by atoms with Crippen LogP contribution in [0.5, 0.6) is 0 Å². The van der Waals surface area contributed by atoms with Gasteiger partial charge < -0.3 is 5.32 Å². The summed E-state index contributed by atoms with van der Waals surface area (Å²) in [4.78, 5) is 6.02. The van der Waals surface area contributed by atoms with Gasteiger partial charge in [-0.15, -0.1) is 11.3 Å². The Labute approximate surface area is 105 Å². The Kier molecular flexibility index (Phi) is 2.48. The number of fused-ring (bicyclic) bond motifs is 1. The normalized spacial score (nSPS) is 19.2. The van der Waals surface area contributed by atoms with E-state index in [0.29, 0.717) is 0 Å². The van der Waals surface area contributed by atoms with Crippen LogP contribution >= 0.6 is 11.3 Å². The van der Waals surface area contributed by atoms with E-state index in [9.17, 15) is 0 Å². The molecule has 1 unspecified atom stereocenters. The Hall–Kier alpha value is -1.61. The van der Waals surface area contributed by atoms with Crippen LogP contribution in [0.3, 0.4) is 0 Å². The first-order valence-electron chi connectivity index (χ1n) is 5.71. The molecule has 2 heterocycles. The average Bonchev–Trinajstić information content (AvgIpc) is 2.64. The van der Waals surface area contributed by atoms with E-state index < -0.39 is 0 Å². The lowest BCUT2D eigenvalue weighted by atomic mass is 10.0. The zero-order valence-corrected chi connectivity index (χ0v) is 10.7. The predicted octanol–water partition coefficient (Wildman–Crippen LogP) is 3.79. The summed E-state index contributed by atoms with van der Waals surface area (Å²) in [5.41, 5.74) is 1.35. The highest BCUT2D eigenvalue weighted by molar-refractivity contribution is 7.19. The summed E-state index contributed by atoms with van der Waals surface area (Å²) >= 11 is 1.85. The van der Waals surface area contributed by atoms with E-state index in [0.717, 1.165) is 5.84 Å². The van der Waals surface area contributed by atoms with Gasteiger partial charge in [-0.3, -0.25) is 4.99 Å². The van der Waals surface area contributed by atoms with Crippen molar-refractivity contribution in [1.82, 2.24) is 5.32 Å². The van der Waals surface area contributed by atoms with E-state index in [1.165, 1.54) is 20.5 Å². The van der Waals surface area contributed by atoms with E-state index in [4.69, 9.17) is 0 Å². The van der Waals surface area contributed by atoms with Gasteiger partial charge in [-0.1, -0.05) is 18.2 Å². The SMILES string of the molecule is CC1=NC(c2c(C)sc3ccccc23)C=CN1. The minimum Gasteiger partial charge on any atom is -0.351 e. The first-order chi connectivity index (χ1) is 8.25. The number of hydrogen-bond donors (Lipinski definition) is 1. The number of hydrogen-bond acceptors (Lipinski definition) is 3. The molecule has 0 amide bonds. The van der Waals surface area contributed by atoms with Crippen LogP contribution in [0.2, 0.25) is 0 Å². The van der Waals surface area contributed by atoms with Crippen molar-refractivity contribution in [2.75, 3.05) is 0 Å². The summed E-state index contributed by atoms with van der Waals surface area (Å²) in [5.74, 6) is 0.979. The second-order valence-corrected chi connectivity index (χ2v) is 5.49. The molecule has 0 spiro atoms. The molecule has 0 aliphatic carbocycles. The summed E-state index contributed by atoms with van der Waals surface area (Å²) in [7, 11) is 0. The van der Waals surface area contributed by atoms with E-state index in [2.05, 4.69) is 47.6 Å². The summed E-state index contributed by atoms with van der Waals surface area (Å²) < 4.78 is 1.35. The second-order valence-electron chi connectivity index (χ2n) is 4.23. The molecule has 0 saturated heterocycles. The molecule has 1 aromatic carbocycles. The first kappa shape index (κ1) is 10.5. The Balaban J connectivity index is 2.20. The maximum absolute atomic E-state index is 4.66. The Morgan fingerprint density at radius 3 is 2.88 bits per heavy atom. The standard InChI is InChI=1S/C14H14N2S/c1-9-14(12-7-8-15-10(2)16-12)11-5-3-4-6-13(11)17-9/h3-8,12H,1-2H3,(H,15,16). The quantitative estimate of drug-likeness (QED) is 0.808. The van der Waals surface area contributed by atoms with E-state index in [1.54, 1.807) is 0 Å². The third kappa shape index (κ3) is 1.76. The summed E-state index contributed by atoms with van der Waals surface area (Å²) in [6.45, 7) is 4.18. The number of nitrogens with zero attached hydrogens (tertiary/aromatic N) is 1. The maximum Gasteiger partial charge on any atom is 0.0983 e. The molecule has 2 nitrogen and oxygen atoms in total. The molecular formula is C14H14N2S. The van der Waals surface area contributed by atoms with Crippen LogP contribution in [0.1, 0.15) is 23.4 Å². The van der Waals surface area contributed by atoms with Gasteiger partial charge in [-0.25, -0.2) is 0 Å². The Morgan fingerprint density at radius 2 is 2.06 bits per heavy atom. The molecule has 86 valence electrons. The van der Waals surface area contributed by atoms with Crippen molar-refractivity contribution in [1.29, 1.82) is 0 Å². The van der Waals surface area contributed by atoms with E-state index >= 15 is 0 Å². The largest absolute Gasteiger partial charge is 0.351 e. The topological polar surface area (TPSA) is 24.4 Å². The van der Waals surface area contributed by atoms with Gasteiger partial charge in [0.05, 0.1) is 11.9 Å². The van der Waals surface area contributed by atoms with Crippen LogP contribution in [0, 0.1) is 6.92 Å². The highest BCUT2D eigenvalue weighted by Gasteiger charge is 2.17. The van der Waals surface area contributed by atoms with Gasteiger partial charge in [0.2, 0.25) is 0 Å². The van der Waals surface area contributed by atoms with Crippen molar-refractivity contribution in [2.24, 2.45) is 4.99 Å². The highest BCUT2D eigenvalue weighted by atomic mass is 32.1. The van der Waals surface area contributed by atoms with Crippen molar-refractivity contribution in [3.8, 4) is 0 Å². The van der Waals surface area contributed by atoms with Crippen molar-refractivity contribution >= 4 is 27.3 Å². The number of thiophene rings is 1. The number of nitrogens with one attached hydrogen (secondary N) is 1. The smallest absolute Gasteiger partial charge is 0.0983 e. The first-order valence-corrected chi connectivity index (χ1v) is 6.53. The lowest BCUT2D eigenvalue weighted by Crippen LogP contribution is -2.18. The van der Waals surface area contributed by atoms with Crippen molar-refractivity contribution in [3.05, 3.63) is 47.0 Å². The average molecular weight is 242 g/mol. The second kappa shape index (κ2) is 4.00. The number of benzene rings is 1. The van der Waals surface area contributed by atoms with Crippen LogP contribution in [0.15, 0.2) is 41.5 Å². The molecule has 3 heteroatoms. The fourth-order valence-electron chi connectivity index (χ4n) is 2.26. The lowest BCUT2D eigenvalue weighted by Gasteiger charge is -2.15. The third-order valence-electron chi connectivity index (χ3n) is 3.02. The predicted molar refractivity (Wildman–Crippen MR) is 74.7 cm³/mol. The molecule has 0 saturated carbocycles. The summed E-state index contributed by atoms with van der Waals surface area (Å²) in [6.07, 6.45) is 4.10. The molecule has 1 N–H and O–H groups in total. The number of amidine groups is 1. The van der Waals surface area contributed by atoms with Crippen LogP contribution in [-0.4, -0.2) is 5.84 Å². The molecule has 0 fully saturated rings. The van der Waals surface area contributed by atoms with Crippen LogP contribution in [0.25, 0.3) is 10.1 Å². The zero-order chi connectivity index (χ0) is 11.8. The van der Waals surface area contributed by atoms with Gasteiger partial charge in [0.1, 0.15) is 0 Å². The van der Waals surface area contributed by atoms with Crippen LogP contribution in [-0.2, 0) is 0 Å². The Bertz CT molecular complexity index is 622.